The Balaban J connectivity index is 0.000000174. The van der Waals surface area contributed by atoms with Crippen LogP contribution in [-0.4, -0.2) is 44.9 Å². The second-order valence-corrected chi connectivity index (χ2v) is 11.0. The zero-order chi connectivity index (χ0) is 33.6. The van der Waals surface area contributed by atoms with E-state index in [0.29, 0.717) is 26.1 Å². The number of esters is 2. The Labute approximate surface area is 277 Å². The first-order valence-corrected chi connectivity index (χ1v) is 16.0. The van der Waals surface area contributed by atoms with Crippen molar-refractivity contribution in [2.24, 2.45) is 4.99 Å². The van der Waals surface area contributed by atoms with Gasteiger partial charge in [-0.25, -0.2) is 0 Å². The zero-order valence-electron chi connectivity index (χ0n) is 27.3. The summed E-state index contributed by atoms with van der Waals surface area (Å²) < 4.78 is 15.2. The highest BCUT2D eigenvalue weighted by molar-refractivity contribution is 5.80. The van der Waals surface area contributed by atoms with Crippen LogP contribution in [0.15, 0.2) is 115 Å². The average molecular weight is 633 g/mol. The minimum atomic E-state index is -0.551. The largest absolute Gasteiger partial charge is 0.596 e. The molecule has 2 aliphatic rings. The molecule has 6 rings (SSSR count). The van der Waals surface area contributed by atoms with E-state index in [2.05, 4.69) is 89.1 Å². The lowest BCUT2D eigenvalue weighted by molar-refractivity contribution is -0.249. The molecule has 4 aromatic rings. The Hall–Kier alpha value is -5.17. The monoisotopic (exact) mass is 632 g/mol. The molecule has 0 fully saturated rings. The summed E-state index contributed by atoms with van der Waals surface area (Å²) in [6.45, 7) is 8.25. The molecule has 0 heterocycles. The first-order valence-electron chi connectivity index (χ1n) is 16.0. The summed E-state index contributed by atoms with van der Waals surface area (Å²) >= 11 is 0. The van der Waals surface area contributed by atoms with Gasteiger partial charge in [0.2, 0.25) is 0 Å². The molecule has 0 bridgehead atoms. The summed E-state index contributed by atoms with van der Waals surface area (Å²) in [5.74, 6) is 0.0994. The Morgan fingerprint density at radius 2 is 1.06 bits per heavy atom. The standard InChI is InChI=1S/C18H18O2.C17H16O2.C5H9NO2/c1-2-7-18(19)20-12-17-15-10-5-3-8-13(15)14-9-4-6-11-16(14)17;1-2-17(18)19-11-16-14-9-5-3-7-12(14)13-8-4-6-10-15(13)16;1-3-4-8-5(7)6-2/h3-6,8-11,17H,2,7,12H2,1H3;3-10,16H,2,11H2,1H3;3H,1,4H2,2H3,(H,6,7)/p-1. The molecule has 0 amide bonds. The molecule has 0 saturated heterocycles. The van der Waals surface area contributed by atoms with Crippen LogP contribution in [0.5, 0.6) is 0 Å². The highest BCUT2D eigenvalue weighted by atomic mass is 16.6. The summed E-state index contributed by atoms with van der Waals surface area (Å²) in [7, 11) is 1.38. The van der Waals surface area contributed by atoms with Gasteiger partial charge in [-0.1, -0.05) is 117 Å². The molecule has 7 nitrogen and oxygen atoms in total. The number of aliphatic imine (C=N–C) groups is 1. The zero-order valence-corrected chi connectivity index (χ0v) is 27.3. The SMILES string of the molecule is C=CCOC([O-])=NC.CCC(=O)OCC1c2ccccc2-c2ccccc21.CCCC(=O)OCC1c2ccccc2-c2ccccc21. The van der Waals surface area contributed by atoms with Gasteiger partial charge in [0.05, 0.1) is 0 Å². The maximum atomic E-state index is 11.6. The van der Waals surface area contributed by atoms with Gasteiger partial charge in [-0.15, -0.1) is 6.58 Å². The number of fused-ring (bicyclic) bond motifs is 6. The number of carbonyl (C=O) groups is 2. The van der Waals surface area contributed by atoms with Gasteiger partial charge in [-0.05, 0) is 50.9 Å². The maximum absolute atomic E-state index is 11.6. The molecule has 7 heteroatoms. The van der Waals surface area contributed by atoms with Gasteiger partial charge in [-0.3, -0.25) is 14.6 Å². The summed E-state index contributed by atoms with van der Waals surface area (Å²) in [5.41, 5.74) is 10.1. The third-order valence-electron chi connectivity index (χ3n) is 8.00. The Morgan fingerprint density at radius 3 is 1.40 bits per heavy atom. The molecule has 47 heavy (non-hydrogen) atoms. The van der Waals surface area contributed by atoms with E-state index in [4.69, 9.17) is 9.47 Å². The normalized spacial score (nSPS) is 12.5. The lowest BCUT2D eigenvalue weighted by atomic mass is 9.98. The van der Waals surface area contributed by atoms with Crippen molar-refractivity contribution in [2.45, 2.75) is 44.9 Å². The van der Waals surface area contributed by atoms with Crippen LogP contribution in [0, 0.1) is 0 Å². The molecule has 0 aliphatic heterocycles. The van der Waals surface area contributed by atoms with E-state index < -0.39 is 6.08 Å². The Kier molecular flexibility index (Phi) is 12.9. The van der Waals surface area contributed by atoms with Crippen molar-refractivity contribution >= 4 is 18.0 Å². The number of hydrogen-bond acceptors (Lipinski definition) is 7. The fraction of sp³-hybridized carbons (Fsp3) is 0.275. The minimum absolute atomic E-state index is 0.102. The lowest BCUT2D eigenvalue weighted by Crippen LogP contribution is -2.20. The third kappa shape index (κ3) is 8.76. The quantitative estimate of drug-likeness (QED) is 0.0824. The first kappa shape index (κ1) is 34.7. The van der Waals surface area contributed by atoms with Gasteiger partial charge in [-0.2, -0.15) is 0 Å². The number of benzene rings is 4. The van der Waals surface area contributed by atoms with Crippen LogP contribution in [0.3, 0.4) is 0 Å². The molecule has 2 aliphatic carbocycles. The molecule has 0 saturated carbocycles. The van der Waals surface area contributed by atoms with E-state index in [1.165, 1.54) is 57.6 Å². The van der Waals surface area contributed by atoms with Crippen LogP contribution in [0.25, 0.3) is 22.3 Å². The van der Waals surface area contributed by atoms with Gasteiger partial charge >= 0.3 is 11.9 Å². The maximum Gasteiger partial charge on any atom is 0.305 e. The highest BCUT2D eigenvalue weighted by Gasteiger charge is 2.30. The van der Waals surface area contributed by atoms with Gasteiger partial charge in [0, 0.05) is 38.3 Å². The van der Waals surface area contributed by atoms with Crippen molar-refractivity contribution in [3.8, 4) is 22.3 Å². The molecule has 0 aromatic heterocycles. The van der Waals surface area contributed by atoms with E-state index in [1.54, 1.807) is 0 Å². The van der Waals surface area contributed by atoms with Gasteiger partial charge in [0.1, 0.15) is 19.3 Å². The first-order chi connectivity index (χ1) is 22.9. The molecular formula is C40H42NO6-. The Morgan fingerprint density at radius 1 is 0.681 bits per heavy atom. The van der Waals surface area contributed by atoms with Gasteiger partial charge in [0.15, 0.2) is 0 Å². The average Bonchev–Trinajstić information content (AvgIpc) is 3.61. The van der Waals surface area contributed by atoms with Crippen LogP contribution in [0.2, 0.25) is 0 Å². The van der Waals surface area contributed by atoms with Crippen LogP contribution in [-0.2, 0) is 23.8 Å². The summed E-state index contributed by atoms with van der Waals surface area (Å²) in [6, 6.07) is 33.5. The van der Waals surface area contributed by atoms with Crippen molar-refractivity contribution in [1.82, 2.24) is 0 Å². The van der Waals surface area contributed by atoms with Gasteiger partial charge in [0.25, 0.3) is 0 Å². The van der Waals surface area contributed by atoms with E-state index in [1.807, 2.05) is 38.1 Å². The second kappa shape index (κ2) is 17.5. The third-order valence-corrected chi connectivity index (χ3v) is 8.00. The fourth-order valence-corrected chi connectivity index (χ4v) is 5.80. The molecule has 4 aromatic carbocycles. The Bertz CT molecular complexity index is 1600. The highest BCUT2D eigenvalue weighted by Crippen LogP contribution is 2.45. The van der Waals surface area contributed by atoms with Crippen molar-refractivity contribution < 1.29 is 28.9 Å². The molecule has 0 spiro atoms. The minimum Gasteiger partial charge on any atom is -0.596 e. The molecule has 0 radical (unpaired) electrons. The number of hydrogen-bond donors (Lipinski definition) is 0. The van der Waals surface area contributed by atoms with Crippen molar-refractivity contribution in [3.63, 3.8) is 0 Å². The molecule has 0 N–H and O–H groups in total. The van der Waals surface area contributed by atoms with Crippen molar-refractivity contribution in [2.75, 3.05) is 26.9 Å². The van der Waals surface area contributed by atoms with Crippen LogP contribution in [0.4, 0.5) is 0 Å². The number of rotatable bonds is 9. The summed E-state index contributed by atoms with van der Waals surface area (Å²) in [6.07, 6.45) is 2.69. The van der Waals surface area contributed by atoms with Gasteiger partial charge < -0.3 is 19.3 Å². The van der Waals surface area contributed by atoms with Crippen molar-refractivity contribution in [3.05, 3.63) is 132 Å². The molecule has 244 valence electrons. The van der Waals surface area contributed by atoms with E-state index in [-0.39, 0.29) is 30.4 Å². The topological polar surface area (TPSA) is 97.3 Å². The number of nitrogens with zero attached hydrogens (tertiary/aromatic N) is 1. The predicted molar refractivity (Wildman–Crippen MR) is 184 cm³/mol. The number of carbonyl (C=O) groups excluding carboxylic acids is 2. The fourth-order valence-electron chi connectivity index (χ4n) is 5.80. The predicted octanol–water partition coefficient (Wildman–Crippen LogP) is 7.43. The molecule has 0 unspecified atom stereocenters. The summed E-state index contributed by atoms with van der Waals surface area (Å²) in [4.78, 5) is 26.2. The van der Waals surface area contributed by atoms with E-state index >= 15 is 0 Å². The van der Waals surface area contributed by atoms with E-state index in [0.717, 1.165) is 6.42 Å². The van der Waals surface area contributed by atoms with Crippen LogP contribution >= 0.6 is 0 Å². The van der Waals surface area contributed by atoms with E-state index in [9.17, 15) is 14.7 Å². The smallest absolute Gasteiger partial charge is 0.305 e. The van der Waals surface area contributed by atoms with Crippen LogP contribution < -0.4 is 5.11 Å². The van der Waals surface area contributed by atoms with Crippen molar-refractivity contribution in [1.29, 1.82) is 0 Å². The summed E-state index contributed by atoms with van der Waals surface area (Å²) in [5, 5.41) is 10.1. The van der Waals surface area contributed by atoms with Crippen LogP contribution in [0.1, 0.15) is 67.2 Å². The molecule has 0 atom stereocenters. The molecular weight excluding hydrogens is 590 g/mol. The second-order valence-electron chi connectivity index (χ2n) is 11.0. The number of ether oxygens (including phenoxy) is 3. The lowest BCUT2D eigenvalue weighted by Gasteiger charge is -2.13.